The molecule has 2 rings (SSSR count). The highest BCUT2D eigenvalue weighted by Gasteiger charge is 2.48. The number of rotatable bonds is 10. The summed E-state index contributed by atoms with van der Waals surface area (Å²) in [5, 5.41) is 0. The van der Waals surface area contributed by atoms with Gasteiger partial charge in [0.05, 0.1) is 52.8 Å². The lowest BCUT2D eigenvalue weighted by molar-refractivity contribution is -0.897. The Bertz CT molecular complexity index is 1350. The summed E-state index contributed by atoms with van der Waals surface area (Å²) in [6.45, 7) is 9.92. The van der Waals surface area contributed by atoms with Gasteiger partial charge in [-0.05, 0) is 12.8 Å². The molecular weight excluding hydrogens is 693 g/mol. The number of unbranched alkanes of at least 4 members (excludes halogenated alkanes) is 2. The molecule has 0 atom stereocenters. The number of alkyl halides is 6. The van der Waals surface area contributed by atoms with Gasteiger partial charge < -0.3 is 4.48 Å². The molecule has 0 aliphatic carbocycles. The maximum Gasteiger partial charge on any atom is 0.512 e. The zero-order valence-electron chi connectivity index (χ0n) is 25.3. The minimum absolute atomic E-state index is 0.302. The number of hydrogen-bond donors (Lipinski definition) is 2. The molecule has 1 aliphatic rings. The fourth-order valence-electron chi connectivity index (χ4n) is 3.33. The summed E-state index contributed by atoms with van der Waals surface area (Å²) in [7, 11) is -16.0. The first-order valence-corrected chi connectivity index (χ1v) is 19.7. The van der Waals surface area contributed by atoms with E-state index in [1.54, 1.807) is 0 Å². The van der Waals surface area contributed by atoms with Gasteiger partial charge in [0, 0.05) is 12.8 Å². The number of likely N-dealkylation sites (tertiary alicyclic amines) is 1. The molecule has 264 valence electrons. The molecule has 2 heterocycles. The van der Waals surface area contributed by atoms with E-state index < -0.39 is 51.1 Å². The van der Waals surface area contributed by atoms with Gasteiger partial charge in [0.25, 0.3) is 0 Å². The van der Waals surface area contributed by atoms with Gasteiger partial charge >= 0.3 is 31.1 Å². The molecule has 1 saturated heterocycles. The molecule has 1 aromatic heterocycles. The van der Waals surface area contributed by atoms with Crippen molar-refractivity contribution in [3.8, 4) is 0 Å². The van der Waals surface area contributed by atoms with Crippen LogP contribution in [0.15, 0.2) is 18.7 Å². The lowest BCUT2D eigenvalue weighted by Crippen LogP contribution is -2.41. The molecule has 0 radical (unpaired) electrons. The first-order valence-electron chi connectivity index (χ1n) is 12.9. The van der Waals surface area contributed by atoms with Crippen molar-refractivity contribution in [2.45, 2.75) is 69.9 Å². The van der Waals surface area contributed by atoms with Crippen molar-refractivity contribution < 1.29 is 69.1 Å². The summed E-state index contributed by atoms with van der Waals surface area (Å²) in [6.07, 6.45) is 15.1. The van der Waals surface area contributed by atoms with Crippen LogP contribution >= 0.6 is 0 Å². The van der Waals surface area contributed by atoms with Gasteiger partial charge in [0.2, 0.25) is 26.4 Å². The van der Waals surface area contributed by atoms with E-state index in [9.17, 15) is 60.0 Å². The maximum absolute atomic E-state index is 11.4. The molecule has 13 nitrogen and oxygen atoms in total. The van der Waals surface area contributed by atoms with Gasteiger partial charge in [0.1, 0.15) is 12.4 Å². The van der Waals surface area contributed by atoms with Gasteiger partial charge in [-0.3, -0.25) is 0 Å². The second kappa shape index (κ2) is 18.0. The third kappa shape index (κ3) is 20.5. The number of aryl methyl sites for hydroxylation is 2. The fourth-order valence-corrected chi connectivity index (χ4v) is 7.27. The molecule has 44 heavy (non-hydrogen) atoms. The van der Waals surface area contributed by atoms with Crippen LogP contribution in [0.1, 0.15) is 52.4 Å². The van der Waals surface area contributed by atoms with E-state index in [-0.39, 0.29) is 0 Å². The zero-order valence-corrected chi connectivity index (χ0v) is 28.6. The van der Waals surface area contributed by atoms with E-state index in [0.29, 0.717) is 20.8 Å². The van der Waals surface area contributed by atoms with Crippen LogP contribution in [0, 0.1) is 0 Å². The summed E-state index contributed by atoms with van der Waals surface area (Å²) in [6, 6.07) is 0. The molecule has 0 bridgehead atoms. The highest BCUT2D eigenvalue weighted by Crippen LogP contribution is 2.22. The van der Waals surface area contributed by atoms with Crippen molar-refractivity contribution in [1.29, 1.82) is 0 Å². The lowest BCUT2D eigenvalue weighted by Gasteiger charge is -2.28. The van der Waals surface area contributed by atoms with Gasteiger partial charge in [-0.2, -0.15) is 26.3 Å². The van der Waals surface area contributed by atoms with Gasteiger partial charge in [-0.15, -0.1) is 8.25 Å². The Morgan fingerprint density at radius 3 is 1.41 bits per heavy atom. The average Bonchev–Trinajstić information content (AvgIpc) is 3.41. The van der Waals surface area contributed by atoms with E-state index in [1.807, 2.05) is 7.05 Å². The van der Waals surface area contributed by atoms with E-state index in [0.717, 1.165) is 6.54 Å². The molecule has 0 amide bonds. The summed E-state index contributed by atoms with van der Waals surface area (Å²) in [5.41, 5.74) is -11.2. The maximum atomic E-state index is 11.4. The highest BCUT2D eigenvalue weighted by molar-refractivity contribution is 8.05. The van der Waals surface area contributed by atoms with Crippen LogP contribution in [0.25, 0.3) is 0 Å². The molecule has 1 aromatic rings. The summed E-state index contributed by atoms with van der Waals surface area (Å²) in [5.74, 6) is 0. The van der Waals surface area contributed by atoms with Gasteiger partial charge in [-0.1, -0.05) is 26.7 Å². The monoisotopic (exact) mass is 735 g/mol. The van der Waals surface area contributed by atoms with Gasteiger partial charge in [0.15, 0.2) is 0 Å². The SMILES string of the molecule is CCCC[N+]1(C)CCCC1.CCCCn1cc[n+](C)c1.CS(=O)(=O)NS(=O)(=O)C(F)(F)F.CS(=O)(=O)NS(=O)(=O)C(F)(F)F. The van der Waals surface area contributed by atoms with Crippen LogP contribution in [0.5, 0.6) is 0 Å². The number of halogens is 6. The number of nitrogens with one attached hydrogen (secondary N) is 2. The van der Waals surface area contributed by atoms with Crippen LogP contribution in [0.2, 0.25) is 0 Å². The number of quaternary nitrogens is 1. The van der Waals surface area contributed by atoms with Gasteiger partial charge in [-0.25, -0.2) is 42.8 Å². The third-order valence-electron chi connectivity index (χ3n) is 5.42. The number of aromatic nitrogens is 2. The van der Waals surface area contributed by atoms with E-state index in [1.165, 1.54) is 62.6 Å². The Hall–Kier alpha value is -1.53. The minimum atomic E-state index is -5.79. The standard InChI is InChI=1S/C9H20N.C8H15N2.2C2H4F3NO4S2/c1-3-4-7-10(2)8-5-6-9-10;1-3-4-5-10-7-6-9(2)8-10;2*1-11(7,8)6-12(9,10)2(3,4)5/h3-9H2,1-2H3;6-8H,3-5H2,1-2H3;2*6H,1H3/q2*+1;;. The van der Waals surface area contributed by atoms with Crippen LogP contribution in [0.3, 0.4) is 0 Å². The molecule has 2 N–H and O–H groups in total. The van der Waals surface area contributed by atoms with Crippen LogP contribution in [0.4, 0.5) is 26.3 Å². The average molecular weight is 736 g/mol. The first kappa shape index (κ1) is 44.6. The van der Waals surface area contributed by atoms with Crippen molar-refractivity contribution in [2.24, 2.45) is 7.05 Å². The largest absolute Gasteiger partial charge is 0.512 e. The molecular formula is C21H43F6N5O8S4+2. The molecule has 1 aliphatic heterocycles. The van der Waals surface area contributed by atoms with Crippen LogP contribution in [-0.4, -0.2) is 92.9 Å². The van der Waals surface area contributed by atoms with Crippen molar-refractivity contribution in [1.82, 2.24) is 12.8 Å². The van der Waals surface area contributed by atoms with E-state index >= 15 is 0 Å². The summed E-state index contributed by atoms with van der Waals surface area (Å²) < 4.78 is 156. The van der Waals surface area contributed by atoms with Crippen LogP contribution in [-0.2, 0) is 53.7 Å². The van der Waals surface area contributed by atoms with Crippen LogP contribution < -0.4 is 12.8 Å². The number of nitrogens with zero attached hydrogens (tertiary/aromatic N) is 3. The Morgan fingerprint density at radius 1 is 0.773 bits per heavy atom. The quantitative estimate of drug-likeness (QED) is 0.209. The van der Waals surface area contributed by atoms with Crippen molar-refractivity contribution >= 4 is 40.1 Å². The predicted molar refractivity (Wildman–Crippen MR) is 151 cm³/mol. The van der Waals surface area contributed by atoms with Crippen molar-refractivity contribution in [2.75, 3.05) is 39.2 Å². The summed E-state index contributed by atoms with van der Waals surface area (Å²) >= 11 is 0. The highest BCUT2D eigenvalue weighted by atomic mass is 32.3. The molecule has 0 aromatic carbocycles. The minimum Gasteiger partial charge on any atom is -0.326 e. The number of sulfonamides is 4. The number of imidazole rings is 1. The first-order chi connectivity index (χ1) is 19.5. The molecule has 23 heteroatoms. The molecule has 0 unspecified atom stereocenters. The molecule has 1 fully saturated rings. The fraction of sp³-hybridized carbons (Fsp3) is 0.857. The zero-order chi connectivity index (χ0) is 35.3. The molecule has 0 saturated carbocycles. The Labute approximate surface area is 256 Å². The molecule has 0 spiro atoms. The van der Waals surface area contributed by atoms with Crippen molar-refractivity contribution in [3.05, 3.63) is 18.7 Å². The second-order valence-corrected chi connectivity index (χ2v) is 17.5. The lowest BCUT2D eigenvalue weighted by atomic mass is 10.3. The smallest absolute Gasteiger partial charge is 0.326 e. The Kier molecular flexibility index (Phi) is 18.2. The Balaban J connectivity index is 0. The Morgan fingerprint density at radius 2 is 1.16 bits per heavy atom. The summed E-state index contributed by atoms with van der Waals surface area (Å²) in [4.78, 5) is 0. The van der Waals surface area contributed by atoms with Crippen molar-refractivity contribution in [3.63, 3.8) is 0 Å². The third-order valence-corrected chi connectivity index (χ3v) is 10.8. The number of hydrogen-bond acceptors (Lipinski definition) is 8. The van der Waals surface area contributed by atoms with E-state index in [2.05, 4.69) is 48.8 Å². The van der Waals surface area contributed by atoms with E-state index in [4.69, 9.17) is 0 Å². The topological polar surface area (TPSA) is 169 Å². The normalized spacial score (nSPS) is 15.6. The predicted octanol–water partition coefficient (Wildman–Crippen LogP) is 1.91. The second-order valence-electron chi connectivity index (χ2n) is 10.1.